The van der Waals surface area contributed by atoms with Crippen LogP contribution in [0.4, 0.5) is 5.82 Å². The van der Waals surface area contributed by atoms with Crippen LogP contribution in [-0.4, -0.2) is 35.8 Å². The fourth-order valence-electron chi connectivity index (χ4n) is 1.97. The number of anilines is 1. The Morgan fingerprint density at radius 2 is 2.28 bits per heavy atom. The zero-order chi connectivity index (χ0) is 13.1. The molecule has 1 aromatic heterocycles. The maximum Gasteiger partial charge on any atom is 0.131 e. The van der Waals surface area contributed by atoms with Gasteiger partial charge in [0.2, 0.25) is 0 Å². The van der Waals surface area contributed by atoms with Crippen molar-refractivity contribution in [2.45, 2.75) is 45.3 Å². The Hall–Kier alpha value is -1.13. The van der Waals surface area contributed by atoms with Crippen LogP contribution in [0.25, 0.3) is 0 Å². The molecule has 2 rings (SSSR count). The normalized spacial score (nSPS) is 16.7. The van der Waals surface area contributed by atoms with Crippen molar-refractivity contribution in [3.8, 4) is 0 Å². The first-order valence-corrected chi connectivity index (χ1v) is 6.64. The van der Waals surface area contributed by atoms with E-state index in [-0.39, 0.29) is 12.6 Å². The molecule has 0 spiro atoms. The van der Waals surface area contributed by atoms with Gasteiger partial charge in [-0.2, -0.15) is 0 Å². The second kappa shape index (κ2) is 5.67. The van der Waals surface area contributed by atoms with E-state index in [4.69, 9.17) is 0 Å². The van der Waals surface area contributed by atoms with Crippen LogP contribution in [0.5, 0.6) is 0 Å². The van der Waals surface area contributed by atoms with Gasteiger partial charge in [0.25, 0.3) is 0 Å². The lowest BCUT2D eigenvalue weighted by molar-refractivity contribution is 0.269. The van der Waals surface area contributed by atoms with Gasteiger partial charge >= 0.3 is 0 Å². The number of pyridine rings is 1. The molecule has 1 unspecified atom stereocenters. The first kappa shape index (κ1) is 13.3. The summed E-state index contributed by atoms with van der Waals surface area (Å²) in [5.41, 5.74) is 2.39. The molecule has 1 aliphatic rings. The average molecular weight is 249 g/mol. The Kier molecular flexibility index (Phi) is 4.19. The number of nitrogens with zero attached hydrogens (tertiary/aromatic N) is 2. The molecule has 1 aliphatic carbocycles. The van der Waals surface area contributed by atoms with Crippen molar-refractivity contribution in [1.82, 2.24) is 10.3 Å². The molecule has 1 fully saturated rings. The summed E-state index contributed by atoms with van der Waals surface area (Å²) < 4.78 is 0. The third kappa shape index (κ3) is 3.21. The van der Waals surface area contributed by atoms with Crippen molar-refractivity contribution in [1.29, 1.82) is 0 Å². The highest BCUT2D eigenvalue weighted by Gasteiger charge is 2.20. The minimum atomic E-state index is 0.0895. The van der Waals surface area contributed by atoms with Gasteiger partial charge in [-0.05, 0) is 43.9 Å². The van der Waals surface area contributed by atoms with Crippen LogP contribution in [0.1, 0.15) is 30.9 Å². The van der Waals surface area contributed by atoms with Crippen LogP contribution in [-0.2, 0) is 6.54 Å². The van der Waals surface area contributed by atoms with E-state index in [9.17, 15) is 5.11 Å². The van der Waals surface area contributed by atoms with Gasteiger partial charge in [0, 0.05) is 25.8 Å². The van der Waals surface area contributed by atoms with Crippen molar-refractivity contribution in [3.05, 3.63) is 23.4 Å². The lowest BCUT2D eigenvalue weighted by Crippen LogP contribution is -2.33. The van der Waals surface area contributed by atoms with Crippen LogP contribution in [0.3, 0.4) is 0 Å². The Bertz CT molecular complexity index is 404. The SMILES string of the molecule is Cc1cc(CNC2CC2)cnc1N(C)C(C)CO. The van der Waals surface area contributed by atoms with Crippen LogP contribution in [0.2, 0.25) is 0 Å². The van der Waals surface area contributed by atoms with Crippen LogP contribution >= 0.6 is 0 Å². The molecule has 0 radical (unpaired) electrons. The molecule has 0 aliphatic heterocycles. The zero-order valence-corrected chi connectivity index (χ0v) is 11.5. The highest BCUT2D eigenvalue weighted by atomic mass is 16.3. The fraction of sp³-hybridized carbons (Fsp3) is 0.643. The summed E-state index contributed by atoms with van der Waals surface area (Å²) in [5.74, 6) is 0.951. The van der Waals surface area contributed by atoms with Gasteiger partial charge in [0.05, 0.1) is 12.6 Å². The lowest BCUT2D eigenvalue weighted by atomic mass is 10.2. The van der Waals surface area contributed by atoms with E-state index in [1.165, 1.54) is 18.4 Å². The number of aromatic nitrogens is 1. The van der Waals surface area contributed by atoms with Crippen LogP contribution in [0, 0.1) is 6.92 Å². The van der Waals surface area contributed by atoms with E-state index < -0.39 is 0 Å². The number of hydrogen-bond acceptors (Lipinski definition) is 4. The van der Waals surface area contributed by atoms with Crippen molar-refractivity contribution in [2.75, 3.05) is 18.6 Å². The molecule has 0 amide bonds. The summed E-state index contributed by atoms with van der Waals surface area (Å²) in [7, 11) is 1.97. The summed E-state index contributed by atoms with van der Waals surface area (Å²) >= 11 is 0. The van der Waals surface area contributed by atoms with Crippen LogP contribution in [0.15, 0.2) is 12.3 Å². The molecular formula is C14H23N3O. The number of rotatable bonds is 6. The number of aliphatic hydroxyl groups is 1. The third-order valence-corrected chi connectivity index (χ3v) is 3.54. The second-order valence-electron chi connectivity index (χ2n) is 5.28. The van der Waals surface area contributed by atoms with Crippen LogP contribution < -0.4 is 10.2 Å². The summed E-state index contributed by atoms with van der Waals surface area (Å²) in [4.78, 5) is 6.54. The molecule has 1 heterocycles. The molecule has 1 saturated carbocycles. The van der Waals surface area contributed by atoms with E-state index in [1.54, 1.807) is 0 Å². The Labute approximate surface area is 109 Å². The first-order valence-electron chi connectivity index (χ1n) is 6.64. The molecule has 2 N–H and O–H groups in total. The van der Waals surface area contributed by atoms with Gasteiger partial charge in [-0.1, -0.05) is 0 Å². The van der Waals surface area contributed by atoms with E-state index in [2.05, 4.69) is 23.3 Å². The molecule has 4 nitrogen and oxygen atoms in total. The number of aryl methyl sites for hydroxylation is 1. The molecule has 0 bridgehead atoms. The molecular weight excluding hydrogens is 226 g/mol. The minimum absolute atomic E-state index is 0.0895. The molecule has 1 aromatic rings. The lowest BCUT2D eigenvalue weighted by Gasteiger charge is -2.26. The van der Waals surface area contributed by atoms with Gasteiger partial charge in [-0.15, -0.1) is 0 Å². The molecule has 0 saturated heterocycles. The highest BCUT2D eigenvalue weighted by Crippen LogP contribution is 2.21. The van der Waals surface area contributed by atoms with Crippen molar-refractivity contribution >= 4 is 5.82 Å². The zero-order valence-electron chi connectivity index (χ0n) is 11.5. The molecule has 4 heteroatoms. The van der Waals surface area contributed by atoms with Crippen molar-refractivity contribution in [2.24, 2.45) is 0 Å². The smallest absolute Gasteiger partial charge is 0.131 e. The monoisotopic (exact) mass is 249 g/mol. The third-order valence-electron chi connectivity index (χ3n) is 3.54. The summed E-state index contributed by atoms with van der Waals surface area (Å²) in [6.07, 6.45) is 4.54. The number of aliphatic hydroxyl groups excluding tert-OH is 1. The summed E-state index contributed by atoms with van der Waals surface area (Å²) in [6, 6.07) is 2.99. The standard InChI is InChI=1S/C14H23N3O/c1-10-6-12(7-15-13-4-5-13)8-16-14(10)17(3)11(2)9-18/h6,8,11,13,15,18H,4-5,7,9H2,1-3H3. The van der Waals surface area contributed by atoms with E-state index in [1.807, 2.05) is 25.1 Å². The van der Waals surface area contributed by atoms with E-state index in [0.717, 1.165) is 24.0 Å². The Morgan fingerprint density at radius 1 is 1.56 bits per heavy atom. The highest BCUT2D eigenvalue weighted by molar-refractivity contribution is 5.47. The predicted octanol–water partition coefficient (Wildman–Crippen LogP) is 1.46. The van der Waals surface area contributed by atoms with Crippen molar-refractivity contribution < 1.29 is 5.11 Å². The maximum absolute atomic E-state index is 9.18. The molecule has 0 aromatic carbocycles. The summed E-state index contributed by atoms with van der Waals surface area (Å²) in [6.45, 7) is 5.11. The van der Waals surface area contributed by atoms with Gasteiger partial charge in [-0.3, -0.25) is 0 Å². The quantitative estimate of drug-likeness (QED) is 0.801. The van der Waals surface area contributed by atoms with Gasteiger partial charge in [0.15, 0.2) is 0 Å². The van der Waals surface area contributed by atoms with E-state index in [0.29, 0.717) is 0 Å². The first-order chi connectivity index (χ1) is 8.61. The Morgan fingerprint density at radius 3 is 2.83 bits per heavy atom. The predicted molar refractivity (Wildman–Crippen MR) is 73.8 cm³/mol. The Balaban J connectivity index is 2.03. The number of nitrogens with one attached hydrogen (secondary N) is 1. The molecule has 100 valence electrons. The number of likely N-dealkylation sites (N-methyl/N-ethyl adjacent to an activating group) is 1. The topological polar surface area (TPSA) is 48.4 Å². The average Bonchev–Trinajstić information content (AvgIpc) is 3.18. The van der Waals surface area contributed by atoms with Gasteiger partial charge in [-0.25, -0.2) is 4.98 Å². The number of hydrogen-bond donors (Lipinski definition) is 2. The van der Waals surface area contributed by atoms with Crippen molar-refractivity contribution in [3.63, 3.8) is 0 Å². The largest absolute Gasteiger partial charge is 0.394 e. The summed E-state index contributed by atoms with van der Waals surface area (Å²) in [5, 5.41) is 12.7. The maximum atomic E-state index is 9.18. The van der Waals surface area contributed by atoms with Gasteiger partial charge in [0.1, 0.15) is 5.82 Å². The fourth-order valence-corrected chi connectivity index (χ4v) is 1.97. The molecule has 1 atom stereocenters. The molecule has 18 heavy (non-hydrogen) atoms. The van der Waals surface area contributed by atoms with Gasteiger partial charge < -0.3 is 15.3 Å². The minimum Gasteiger partial charge on any atom is -0.394 e. The second-order valence-corrected chi connectivity index (χ2v) is 5.28. The van der Waals surface area contributed by atoms with E-state index >= 15 is 0 Å².